The second-order valence-electron chi connectivity index (χ2n) is 8.45. The van der Waals surface area contributed by atoms with E-state index in [0.717, 1.165) is 44.5 Å². The van der Waals surface area contributed by atoms with Crippen LogP contribution in [0.15, 0.2) is 22.5 Å². The Bertz CT molecular complexity index is 710. The van der Waals surface area contributed by atoms with Gasteiger partial charge in [-0.2, -0.15) is 0 Å². The minimum Gasteiger partial charge on any atom is -0.481 e. The Kier molecular flexibility index (Phi) is 3.32. The molecule has 5 aliphatic rings. The first-order valence-corrected chi connectivity index (χ1v) is 9.60. The Balaban J connectivity index is 1.69. The number of rotatable bonds is 3. The average Bonchev–Trinajstić information content (AvgIpc) is 2.95. The summed E-state index contributed by atoms with van der Waals surface area (Å²) >= 11 is 0. The summed E-state index contributed by atoms with van der Waals surface area (Å²) in [5.41, 5.74) is 2.52. The maximum absolute atomic E-state index is 12.8. The lowest BCUT2D eigenvalue weighted by atomic mass is 9.48. The minimum atomic E-state index is -0.865. The van der Waals surface area contributed by atoms with E-state index >= 15 is 0 Å². The van der Waals surface area contributed by atoms with Crippen molar-refractivity contribution in [1.82, 2.24) is 4.90 Å². The molecule has 0 aromatic carbocycles. The molecule has 3 aliphatic carbocycles. The highest BCUT2D eigenvalue weighted by molar-refractivity contribution is 5.88. The zero-order valence-electron chi connectivity index (χ0n) is 15.1. The number of allylic oxidation sites excluding steroid dienone is 2. The van der Waals surface area contributed by atoms with Crippen molar-refractivity contribution in [3.8, 4) is 0 Å². The molecular weight excluding hydrogens is 318 g/mol. The predicted octanol–water partition coefficient (Wildman–Crippen LogP) is 1.95. The van der Waals surface area contributed by atoms with Gasteiger partial charge in [0.05, 0.1) is 17.6 Å². The summed E-state index contributed by atoms with van der Waals surface area (Å²) in [5, 5.41) is 12.0. The normalized spacial score (nSPS) is 42.6. The van der Waals surface area contributed by atoms with Gasteiger partial charge in [-0.3, -0.25) is 9.69 Å². The van der Waals surface area contributed by atoms with Crippen molar-refractivity contribution >= 4 is 5.78 Å². The fourth-order valence-electron chi connectivity index (χ4n) is 6.36. The fourth-order valence-corrected chi connectivity index (χ4v) is 6.36. The van der Waals surface area contributed by atoms with Gasteiger partial charge >= 0.3 is 0 Å². The second kappa shape index (κ2) is 5.18. The van der Waals surface area contributed by atoms with Crippen LogP contribution in [-0.4, -0.2) is 60.3 Å². The number of ketones is 1. The van der Waals surface area contributed by atoms with E-state index in [9.17, 15) is 9.90 Å². The van der Waals surface area contributed by atoms with Gasteiger partial charge in [0.1, 0.15) is 5.76 Å². The second-order valence-corrected chi connectivity index (χ2v) is 8.45. The molecule has 0 aromatic rings. The maximum atomic E-state index is 12.8. The lowest BCUT2D eigenvalue weighted by Crippen LogP contribution is -2.74. The highest BCUT2D eigenvalue weighted by atomic mass is 16.5. The summed E-state index contributed by atoms with van der Waals surface area (Å²) in [4.78, 5) is 15.2. The van der Waals surface area contributed by atoms with Gasteiger partial charge in [0.15, 0.2) is 11.9 Å². The van der Waals surface area contributed by atoms with Crippen LogP contribution in [0.5, 0.6) is 0 Å². The molecule has 5 rings (SSSR count). The lowest BCUT2D eigenvalue weighted by molar-refractivity contribution is -0.206. The molecule has 136 valence electrons. The molecule has 2 aliphatic heterocycles. The van der Waals surface area contributed by atoms with E-state index < -0.39 is 17.1 Å². The molecular formula is C20H27NO4. The molecule has 1 spiro atoms. The van der Waals surface area contributed by atoms with Crippen LogP contribution >= 0.6 is 0 Å². The monoisotopic (exact) mass is 345 g/mol. The molecule has 3 fully saturated rings. The fraction of sp³-hybridized carbons (Fsp3) is 0.750. The van der Waals surface area contributed by atoms with E-state index in [1.807, 2.05) is 0 Å². The van der Waals surface area contributed by atoms with Crippen molar-refractivity contribution in [3.05, 3.63) is 22.5 Å². The number of methoxy groups -OCH3 is 1. The number of piperidine rings is 1. The Morgan fingerprint density at radius 3 is 2.96 bits per heavy atom. The van der Waals surface area contributed by atoms with Crippen molar-refractivity contribution in [2.45, 2.75) is 63.2 Å². The van der Waals surface area contributed by atoms with Crippen LogP contribution in [0.25, 0.3) is 0 Å². The van der Waals surface area contributed by atoms with E-state index in [2.05, 4.69) is 11.8 Å². The van der Waals surface area contributed by atoms with Gasteiger partial charge < -0.3 is 14.6 Å². The number of ether oxygens (including phenoxy) is 2. The Labute approximate surface area is 148 Å². The van der Waals surface area contributed by atoms with Crippen molar-refractivity contribution in [2.24, 2.45) is 5.41 Å². The summed E-state index contributed by atoms with van der Waals surface area (Å²) in [7, 11) is 1.72. The molecule has 0 radical (unpaired) electrons. The quantitative estimate of drug-likeness (QED) is 0.847. The van der Waals surface area contributed by atoms with Gasteiger partial charge in [0, 0.05) is 31.7 Å². The van der Waals surface area contributed by atoms with Gasteiger partial charge in [0.25, 0.3) is 0 Å². The molecule has 0 amide bonds. The molecule has 2 bridgehead atoms. The first-order chi connectivity index (χ1) is 12.0. The first kappa shape index (κ1) is 16.0. The molecule has 1 N–H and O–H groups in total. The van der Waals surface area contributed by atoms with Gasteiger partial charge in [0.2, 0.25) is 0 Å². The molecule has 25 heavy (non-hydrogen) atoms. The molecule has 0 aromatic heterocycles. The third-order valence-corrected chi connectivity index (χ3v) is 7.52. The standard InChI is InChI=1S/C20H27NO4/c1-12-3-4-13-11-15-20(23)6-5-14(22)18-19(20,16(13)17(12)25-18)7-8-21(15)9-10-24-2/h15,18,23H,3-11H2,1-2H3. The first-order valence-electron chi connectivity index (χ1n) is 9.60. The smallest absolute Gasteiger partial charge is 0.174 e. The van der Waals surface area contributed by atoms with Gasteiger partial charge in [-0.25, -0.2) is 0 Å². The van der Waals surface area contributed by atoms with Crippen molar-refractivity contribution in [2.75, 3.05) is 26.8 Å². The van der Waals surface area contributed by atoms with E-state index in [1.165, 1.54) is 16.7 Å². The third kappa shape index (κ3) is 1.77. The number of likely N-dealkylation sites (tertiary alicyclic amines) is 1. The number of carbonyl (C=O) groups is 1. The Morgan fingerprint density at radius 2 is 2.16 bits per heavy atom. The van der Waals surface area contributed by atoms with E-state index in [1.54, 1.807) is 7.11 Å². The highest BCUT2D eigenvalue weighted by Gasteiger charge is 2.73. The van der Waals surface area contributed by atoms with Gasteiger partial charge in [-0.15, -0.1) is 0 Å². The van der Waals surface area contributed by atoms with Crippen molar-refractivity contribution in [3.63, 3.8) is 0 Å². The molecule has 1 saturated carbocycles. The summed E-state index contributed by atoms with van der Waals surface area (Å²) in [6, 6.07) is 0.0760. The number of carbonyl (C=O) groups excluding carboxylic acids is 1. The Hall–Kier alpha value is -1.17. The molecule has 2 saturated heterocycles. The van der Waals surface area contributed by atoms with E-state index in [4.69, 9.17) is 9.47 Å². The largest absolute Gasteiger partial charge is 0.481 e. The molecule has 5 heteroatoms. The summed E-state index contributed by atoms with van der Waals surface area (Å²) < 4.78 is 11.6. The predicted molar refractivity (Wildman–Crippen MR) is 91.9 cm³/mol. The molecule has 4 atom stereocenters. The van der Waals surface area contributed by atoms with Gasteiger partial charge in [-0.05, 0) is 51.1 Å². The van der Waals surface area contributed by atoms with Crippen LogP contribution in [0.3, 0.4) is 0 Å². The number of Topliss-reactive ketones (excluding diaryl/α,β-unsaturated/α-hetero) is 1. The van der Waals surface area contributed by atoms with Crippen molar-refractivity contribution < 1.29 is 19.4 Å². The lowest BCUT2D eigenvalue weighted by Gasteiger charge is -2.62. The van der Waals surface area contributed by atoms with E-state index in [-0.39, 0.29) is 11.8 Å². The summed E-state index contributed by atoms with van der Waals surface area (Å²) in [5.74, 6) is 1.13. The zero-order valence-corrected chi connectivity index (χ0v) is 15.1. The number of aliphatic hydroxyl groups is 1. The summed E-state index contributed by atoms with van der Waals surface area (Å²) in [6.07, 6.45) is 4.26. The van der Waals surface area contributed by atoms with Crippen LogP contribution in [0.1, 0.15) is 45.4 Å². The van der Waals surface area contributed by atoms with Crippen LogP contribution in [0.2, 0.25) is 0 Å². The van der Waals surface area contributed by atoms with Crippen molar-refractivity contribution in [1.29, 1.82) is 0 Å². The molecule has 5 nitrogen and oxygen atoms in total. The average molecular weight is 345 g/mol. The van der Waals surface area contributed by atoms with Crippen LogP contribution in [-0.2, 0) is 14.3 Å². The Morgan fingerprint density at radius 1 is 1.32 bits per heavy atom. The summed E-state index contributed by atoms with van der Waals surface area (Å²) in [6.45, 7) is 4.53. The zero-order chi connectivity index (χ0) is 17.4. The van der Waals surface area contributed by atoms with Gasteiger partial charge in [-0.1, -0.05) is 5.57 Å². The number of hydrogen-bond donors (Lipinski definition) is 1. The van der Waals surface area contributed by atoms with E-state index in [0.29, 0.717) is 19.4 Å². The van der Waals surface area contributed by atoms with Crippen LogP contribution in [0.4, 0.5) is 0 Å². The topological polar surface area (TPSA) is 59.0 Å². The SMILES string of the molecule is COCCN1CCC23C4=C5CCC(C)=C4OC2C(=O)CCC3(O)C1C5. The number of nitrogens with zero attached hydrogens (tertiary/aromatic N) is 1. The van der Waals surface area contributed by atoms with Crippen LogP contribution < -0.4 is 0 Å². The minimum absolute atomic E-state index is 0.0760. The maximum Gasteiger partial charge on any atom is 0.174 e. The molecule has 4 unspecified atom stereocenters. The molecule has 2 heterocycles. The highest BCUT2D eigenvalue weighted by Crippen LogP contribution is 2.67. The van der Waals surface area contributed by atoms with Crippen LogP contribution in [0, 0.1) is 5.41 Å². The third-order valence-electron chi connectivity index (χ3n) is 7.52. The number of hydrogen-bond acceptors (Lipinski definition) is 5.